The van der Waals surface area contributed by atoms with E-state index in [9.17, 15) is 8.78 Å². The summed E-state index contributed by atoms with van der Waals surface area (Å²) in [5.74, 6) is -1.56. The molecule has 0 radical (unpaired) electrons. The van der Waals surface area contributed by atoms with Crippen molar-refractivity contribution in [1.29, 1.82) is 0 Å². The van der Waals surface area contributed by atoms with Crippen molar-refractivity contribution < 1.29 is 8.78 Å². The van der Waals surface area contributed by atoms with Gasteiger partial charge in [0.1, 0.15) is 0 Å². The molecule has 0 unspecified atom stereocenters. The molecule has 0 aliphatic rings. The second kappa shape index (κ2) is 6.38. The predicted octanol–water partition coefficient (Wildman–Crippen LogP) is 3.37. The van der Waals surface area contributed by atoms with Gasteiger partial charge in [-0.2, -0.15) is 0 Å². The number of hydrogen-bond donors (Lipinski definition) is 1. The molecule has 0 heterocycles. The fraction of sp³-hybridized carbons (Fsp3) is 0.385. The number of allylic oxidation sites excluding steroid dienone is 1. The fourth-order valence-electron chi connectivity index (χ4n) is 1.49. The summed E-state index contributed by atoms with van der Waals surface area (Å²) in [5, 5.41) is 3.17. The average Bonchev–Trinajstić information content (AvgIpc) is 2.28. The summed E-state index contributed by atoms with van der Waals surface area (Å²) >= 11 is 0. The summed E-state index contributed by atoms with van der Waals surface area (Å²) in [5.41, 5.74) is 1.12. The molecule has 0 atom stereocenters. The number of nitrogens with one attached hydrogen (secondary N) is 1. The van der Waals surface area contributed by atoms with E-state index in [1.807, 2.05) is 13.0 Å². The SMILES string of the molecule is CCNCCC=C(C)c1cccc(F)c1F. The van der Waals surface area contributed by atoms with Crippen LogP contribution in [0.25, 0.3) is 5.57 Å². The highest BCUT2D eigenvalue weighted by Gasteiger charge is 2.07. The third-order valence-electron chi connectivity index (χ3n) is 2.40. The summed E-state index contributed by atoms with van der Waals surface area (Å²) in [4.78, 5) is 0. The van der Waals surface area contributed by atoms with Gasteiger partial charge in [-0.3, -0.25) is 0 Å². The molecule has 0 spiro atoms. The maximum atomic E-state index is 13.4. The van der Waals surface area contributed by atoms with Crippen LogP contribution >= 0.6 is 0 Å². The van der Waals surface area contributed by atoms with Crippen LogP contribution in [0.15, 0.2) is 24.3 Å². The normalized spacial score (nSPS) is 11.9. The van der Waals surface area contributed by atoms with Gasteiger partial charge >= 0.3 is 0 Å². The molecule has 0 saturated heterocycles. The van der Waals surface area contributed by atoms with Crippen molar-refractivity contribution in [3.8, 4) is 0 Å². The molecule has 1 aromatic rings. The topological polar surface area (TPSA) is 12.0 Å². The Morgan fingerprint density at radius 2 is 2.12 bits per heavy atom. The molecule has 0 amide bonds. The monoisotopic (exact) mass is 225 g/mol. The molecule has 16 heavy (non-hydrogen) atoms. The Kier molecular flexibility index (Phi) is 5.12. The molecule has 0 aliphatic heterocycles. The number of halogens is 2. The first-order valence-electron chi connectivity index (χ1n) is 5.48. The fourth-order valence-corrected chi connectivity index (χ4v) is 1.49. The van der Waals surface area contributed by atoms with E-state index in [0.717, 1.165) is 31.1 Å². The van der Waals surface area contributed by atoms with Crippen molar-refractivity contribution in [2.45, 2.75) is 20.3 Å². The van der Waals surface area contributed by atoms with E-state index >= 15 is 0 Å². The van der Waals surface area contributed by atoms with E-state index in [4.69, 9.17) is 0 Å². The zero-order valence-corrected chi connectivity index (χ0v) is 9.69. The molecule has 0 aliphatic carbocycles. The summed E-state index contributed by atoms with van der Waals surface area (Å²) < 4.78 is 26.4. The lowest BCUT2D eigenvalue weighted by Crippen LogP contribution is -2.13. The quantitative estimate of drug-likeness (QED) is 0.758. The molecule has 1 rings (SSSR count). The minimum atomic E-state index is -0.795. The lowest BCUT2D eigenvalue weighted by Gasteiger charge is -2.04. The van der Waals surface area contributed by atoms with Crippen molar-refractivity contribution in [3.63, 3.8) is 0 Å². The molecule has 1 aromatic carbocycles. The van der Waals surface area contributed by atoms with Crippen molar-refractivity contribution in [2.24, 2.45) is 0 Å². The molecule has 1 N–H and O–H groups in total. The lowest BCUT2D eigenvalue weighted by atomic mass is 10.1. The zero-order chi connectivity index (χ0) is 12.0. The van der Waals surface area contributed by atoms with Gasteiger partial charge in [0.15, 0.2) is 11.6 Å². The highest BCUT2D eigenvalue weighted by atomic mass is 19.2. The van der Waals surface area contributed by atoms with Crippen LogP contribution < -0.4 is 5.32 Å². The average molecular weight is 225 g/mol. The molecule has 1 nitrogen and oxygen atoms in total. The Morgan fingerprint density at radius 1 is 1.38 bits per heavy atom. The summed E-state index contributed by atoms with van der Waals surface area (Å²) in [6, 6.07) is 4.25. The minimum Gasteiger partial charge on any atom is -0.317 e. The number of benzene rings is 1. The van der Waals surface area contributed by atoms with Gasteiger partial charge in [-0.15, -0.1) is 0 Å². The second-order valence-electron chi connectivity index (χ2n) is 3.63. The van der Waals surface area contributed by atoms with Crippen LogP contribution in [0.1, 0.15) is 25.8 Å². The van der Waals surface area contributed by atoms with Crippen LogP contribution in [-0.4, -0.2) is 13.1 Å². The van der Waals surface area contributed by atoms with E-state index in [-0.39, 0.29) is 0 Å². The van der Waals surface area contributed by atoms with Gasteiger partial charge < -0.3 is 5.32 Å². The Morgan fingerprint density at radius 3 is 2.81 bits per heavy atom. The Hall–Kier alpha value is -1.22. The molecule has 0 aromatic heterocycles. The van der Waals surface area contributed by atoms with Gasteiger partial charge in [0, 0.05) is 5.56 Å². The summed E-state index contributed by atoms with van der Waals surface area (Å²) in [6.07, 6.45) is 2.73. The molecule has 3 heteroatoms. The molecule has 88 valence electrons. The lowest BCUT2D eigenvalue weighted by molar-refractivity contribution is 0.506. The van der Waals surface area contributed by atoms with E-state index in [2.05, 4.69) is 5.32 Å². The van der Waals surface area contributed by atoms with Crippen LogP contribution in [-0.2, 0) is 0 Å². The van der Waals surface area contributed by atoms with E-state index < -0.39 is 11.6 Å². The smallest absolute Gasteiger partial charge is 0.166 e. The number of rotatable bonds is 5. The largest absolute Gasteiger partial charge is 0.317 e. The highest BCUT2D eigenvalue weighted by Crippen LogP contribution is 2.19. The van der Waals surface area contributed by atoms with E-state index in [1.165, 1.54) is 6.07 Å². The minimum absolute atomic E-state index is 0.344. The maximum Gasteiger partial charge on any atom is 0.166 e. The Labute approximate surface area is 95.2 Å². The predicted molar refractivity (Wildman–Crippen MR) is 63.2 cm³/mol. The maximum absolute atomic E-state index is 13.4. The third kappa shape index (κ3) is 3.42. The highest BCUT2D eigenvalue weighted by molar-refractivity contribution is 5.64. The zero-order valence-electron chi connectivity index (χ0n) is 9.69. The van der Waals surface area contributed by atoms with Gasteiger partial charge in [-0.1, -0.05) is 25.1 Å². The number of hydrogen-bond acceptors (Lipinski definition) is 1. The van der Waals surface area contributed by atoms with E-state index in [0.29, 0.717) is 5.56 Å². The van der Waals surface area contributed by atoms with Crippen LogP contribution in [0.5, 0.6) is 0 Å². The molecular formula is C13H17F2N. The molecule has 0 bridgehead atoms. The van der Waals surface area contributed by atoms with E-state index in [1.54, 1.807) is 13.0 Å². The summed E-state index contributed by atoms with van der Waals surface area (Å²) in [6.45, 7) is 5.60. The molecular weight excluding hydrogens is 208 g/mol. The second-order valence-corrected chi connectivity index (χ2v) is 3.63. The molecule has 0 saturated carbocycles. The Balaban J connectivity index is 2.72. The first kappa shape index (κ1) is 12.8. The van der Waals surface area contributed by atoms with Gasteiger partial charge in [0.05, 0.1) is 0 Å². The van der Waals surface area contributed by atoms with Gasteiger partial charge in [-0.05, 0) is 38.1 Å². The van der Waals surface area contributed by atoms with Gasteiger partial charge in [0.25, 0.3) is 0 Å². The Bertz CT molecular complexity index is 372. The van der Waals surface area contributed by atoms with Crippen LogP contribution in [0.2, 0.25) is 0 Å². The van der Waals surface area contributed by atoms with Crippen LogP contribution in [0, 0.1) is 11.6 Å². The van der Waals surface area contributed by atoms with Gasteiger partial charge in [0.2, 0.25) is 0 Å². The first-order valence-corrected chi connectivity index (χ1v) is 5.48. The third-order valence-corrected chi connectivity index (χ3v) is 2.40. The van der Waals surface area contributed by atoms with Crippen molar-refractivity contribution >= 4 is 5.57 Å². The first-order chi connectivity index (χ1) is 7.66. The van der Waals surface area contributed by atoms with Crippen molar-refractivity contribution in [1.82, 2.24) is 5.32 Å². The standard InChI is InChI=1S/C13H17F2N/c1-3-16-9-5-6-10(2)11-7-4-8-12(14)13(11)15/h4,6-8,16H,3,5,9H2,1-2H3. The van der Waals surface area contributed by atoms with Crippen LogP contribution in [0.3, 0.4) is 0 Å². The van der Waals surface area contributed by atoms with Gasteiger partial charge in [-0.25, -0.2) is 8.78 Å². The summed E-state index contributed by atoms with van der Waals surface area (Å²) in [7, 11) is 0. The van der Waals surface area contributed by atoms with Crippen LogP contribution in [0.4, 0.5) is 8.78 Å². The van der Waals surface area contributed by atoms with Crippen molar-refractivity contribution in [3.05, 3.63) is 41.5 Å². The van der Waals surface area contributed by atoms with Crippen molar-refractivity contribution in [2.75, 3.05) is 13.1 Å². The molecule has 0 fully saturated rings.